The maximum Gasteiger partial charge on any atom is 0.236 e. The number of nitrogens with zero attached hydrogens (tertiary/aromatic N) is 3. The predicted octanol–water partition coefficient (Wildman–Crippen LogP) is -0.240. The van der Waals surface area contributed by atoms with Gasteiger partial charge in [-0.1, -0.05) is 6.92 Å². The average Bonchev–Trinajstić information content (AvgIpc) is 2.90. The fraction of sp³-hybridized carbons (Fsp3) is 0.182. The van der Waals surface area contributed by atoms with E-state index in [1.165, 1.54) is 0 Å². The zero-order valence-electron chi connectivity index (χ0n) is 9.52. The van der Waals surface area contributed by atoms with E-state index in [1.807, 2.05) is 6.92 Å². The summed E-state index contributed by atoms with van der Waals surface area (Å²) in [6.07, 6.45) is 0.595. The molecule has 0 aliphatic carbocycles. The first kappa shape index (κ1) is 10.6. The predicted molar refractivity (Wildman–Crippen MR) is 65.8 cm³/mol. The van der Waals surface area contributed by atoms with Gasteiger partial charge in [-0.15, -0.1) is 5.10 Å². The zero-order chi connectivity index (χ0) is 12.9. The van der Waals surface area contributed by atoms with Gasteiger partial charge in [0.2, 0.25) is 10.9 Å². The molecule has 0 amide bonds. The van der Waals surface area contributed by atoms with Crippen molar-refractivity contribution in [3.63, 3.8) is 0 Å². The molecule has 0 aliphatic heterocycles. The van der Waals surface area contributed by atoms with E-state index in [0.29, 0.717) is 34.3 Å². The van der Waals surface area contributed by atoms with Crippen molar-refractivity contribution in [1.29, 1.82) is 0 Å². The van der Waals surface area contributed by atoms with E-state index >= 15 is 0 Å². The summed E-state index contributed by atoms with van der Waals surface area (Å²) in [6, 6.07) is 1.63. The molecular weight excluding hydrogens is 234 g/mol. The Hall–Kier alpha value is -2.57. The summed E-state index contributed by atoms with van der Waals surface area (Å²) in [7, 11) is 0. The van der Waals surface area contributed by atoms with Gasteiger partial charge in [-0.2, -0.15) is 0 Å². The molecule has 1 heterocycles. The van der Waals surface area contributed by atoms with Crippen LogP contribution in [0.15, 0.2) is 15.7 Å². The Morgan fingerprint density at radius 3 is 2.61 bits per heavy atom. The fourth-order valence-corrected chi connectivity index (χ4v) is 2.26. The van der Waals surface area contributed by atoms with Gasteiger partial charge >= 0.3 is 0 Å². The van der Waals surface area contributed by atoms with E-state index in [4.69, 9.17) is 5.73 Å². The number of fused-ring (bicyclic) bond motifs is 1. The molecule has 0 atom stereocenters. The number of aromatic amines is 1. The molecule has 0 aliphatic rings. The van der Waals surface area contributed by atoms with Crippen molar-refractivity contribution < 1.29 is 0 Å². The van der Waals surface area contributed by atoms with Crippen LogP contribution in [0.25, 0.3) is 22.2 Å². The molecule has 90 valence electrons. The SMILES string of the molecule is CCc1c(-c2nnn[nH]2)cc(N)c2c(=O)c(=O)c12. The number of hydrogen-bond acceptors (Lipinski definition) is 6. The average molecular weight is 243 g/mol. The minimum absolute atomic E-state index is 0.290. The standard InChI is InChI=1S/C11H9N5O2/c1-2-4-5(11-13-15-16-14-11)3-6(12)8-7(4)9(17)10(8)18/h3H,2,12H2,1H3,(H,13,14,15,16). The number of hydrogen-bond donors (Lipinski definition) is 2. The normalized spacial score (nSPS) is 11.4. The van der Waals surface area contributed by atoms with Crippen LogP contribution < -0.4 is 16.6 Å². The number of nitrogens with one attached hydrogen (secondary N) is 1. The first-order chi connectivity index (χ1) is 8.65. The van der Waals surface area contributed by atoms with Crippen LogP contribution in [0.4, 0.5) is 5.69 Å². The summed E-state index contributed by atoms with van der Waals surface area (Å²) in [6.45, 7) is 1.90. The number of aromatic nitrogens is 4. The van der Waals surface area contributed by atoms with Crippen LogP contribution in [0, 0.1) is 0 Å². The van der Waals surface area contributed by atoms with Crippen molar-refractivity contribution in [2.45, 2.75) is 13.3 Å². The summed E-state index contributed by atoms with van der Waals surface area (Å²) in [5.74, 6) is 0.438. The van der Waals surface area contributed by atoms with Crippen LogP contribution in [0.3, 0.4) is 0 Å². The summed E-state index contributed by atoms with van der Waals surface area (Å²) in [5, 5.41) is 14.2. The summed E-state index contributed by atoms with van der Waals surface area (Å²) in [4.78, 5) is 23.1. The first-order valence-corrected chi connectivity index (χ1v) is 5.43. The topological polar surface area (TPSA) is 115 Å². The highest BCUT2D eigenvalue weighted by Gasteiger charge is 2.22. The van der Waals surface area contributed by atoms with Gasteiger partial charge in [-0.25, -0.2) is 5.10 Å². The number of H-pyrrole nitrogens is 1. The summed E-state index contributed by atoms with van der Waals surface area (Å²) in [5.41, 5.74) is 6.51. The maximum absolute atomic E-state index is 11.6. The quantitative estimate of drug-likeness (QED) is 0.474. The number of anilines is 1. The van der Waals surface area contributed by atoms with Crippen molar-refractivity contribution in [3.05, 3.63) is 32.1 Å². The molecule has 0 bridgehead atoms. The minimum atomic E-state index is -0.514. The molecule has 3 N–H and O–H groups in total. The van der Waals surface area contributed by atoms with E-state index in [0.717, 1.165) is 5.56 Å². The molecule has 0 fully saturated rings. The lowest BCUT2D eigenvalue weighted by Crippen LogP contribution is -2.32. The lowest BCUT2D eigenvalue weighted by atomic mass is 9.91. The van der Waals surface area contributed by atoms with E-state index in [1.54, 1.807) is 6.07 Å². The van der Waals surface area contributed by atoms with E-state index in [-0.39, 0.29) is 0 Å². The van der Waals surface area contributed by atoms with Crippen LogP contribution >= 0.6 is 0 Å². The molecule has 0 radical (unpaired) electrons. The van der Waals surface area contributed by atoms with Gasteiger partial charge in [0, 0.05) is 16.6 Å². The Labute approximate surface area is 100 Å². The number of aryl methyl sites for hydroxylation is 1. The van der Waals surface area contributed by atoms with Crippen LogP contribution in [0.5, 0.6) is 0 Å². The third-order valence-corrected chi connectivity index (χ3v) is 3.08. The van der Waals surface area contributed by atoms with Crippen LogP contribution in [-0.2, 0) is 6.42 Å². The first-order valence-electron chi connectivity index (χ1n) is 5.43. The van der Waals surface area contributed by atoms with E-state index in [2.05, 4.69) is 20.6 Å². The second-order valence-corrected chi connectivity index (χ2v) is 4.00. The molecule has 0 unspecified atom stereocenters. The van der Waals surface area contributed by atoms with Gasteiger partial charge < -0.3 is 5.73 Å². The molecule has 2 aromatic carbocycles. The zero-order valence-corrected chi connectivity index (χ0v) is 9.52. The Bertz CT molecular complexity index is 812. The van der Waals surface area contributed by atoms with E-state index < -0.39 is 10.9 Å². The van der Waals surface area contributed by atoms with Gasteiger partial charge in [0.05, 0.1) is 5.39 Å². The molecule has 3 aromatic rings. The molecule has 0 spiro atoms. The highest BCUT2D eigenvalue weighted by Crippen LogP contribution is 2.30. The van der Waals surface area contributed by atoms with Crippen molar-refractivity contribution in [1.82, 2.24) is 20.6 Å². The molecular formula is C11H9N5O2. The Kier molecular flexibility index (Phi) is 2.03. The molecule has 1 aromatic heterocycles. The van der Waals surface area contributed by atoms with Crippen molar-refractivity contribution in [2.75, 3.05) is 5.73 Å². The number of nitrogen functional groups attached to an aromatic ring is 1. The Morgan fingerprint density at radius 1 is 1.28 bits per heavy atom. The third kappa shape index (κ3) is 1.15. The molecule has 3 rings (SSSR count). The van der Waals surface area contributed by atoms with Gasteiger partial charge in [0.1, 0.15) is 0 Å². The van der Waals surface area contributed by atoms with Crippen LogP contribution in [-0.4, -0.2) is 20.6 Å². The number of benzene rings is 1. The second kappa shape index (κ2) is 3.46. The molecule has 0 saturated carbocycles. The third-order valence-electron chi connectivity index (χ3n) is 3.08. The van der Waals surface area contributed by atoms with Gasteiger partial charge in [0.25, 0.3) is 0 Å². The lowest BCUT2D eigenvalue weighted by Gasteiger charge is -2.12. The smallest absolute Gasteiger partial charge is 0.236 e. The Balaban J connectivity index is 2.45. The second-order valence-electron chi connectivity index (χ2n) is 4.00. The van der Waals surface area contributed by atoms with Crippen molar-refractivity contribution in [2.24, 2.45) is 0 Å². The van der Waals surface area contributed by atoms with Gasteiger partial charge in [0.15, 0.2) is 5.82 Å². The van der Waals surface area contributed by atoms with E-state index in [9.17, 15) is 9.59 Å². The van der Waals surface area contributed by atoms with Gasteiger partial charge in [-0.05, 0) is 28.5 Å². The maximum atomic E-state index is 11.6. The summed E-state index contributed by atoms with van der Waals surface area (Å²) < 4.78 is 0. The minimum Gasteiger partial charge on any atom is -0.398 e. The van der Waals surface area contributed by atoms with Crippen molar-refractivity contribution >= 4 is 16.5 Å². The van der Waals surface area contributed by atoms with Crippen LogP contribution in [0.2, 0.25) is 0 Å². The molecule has 18 heavy (non-hydrogen) atoms. The van der Waals surface area contributed by atoms with Crippen molar-refractivity contribution in [3.8, 4) is 11.4 Å². The Morgan fingerprint density at radius 2 is 2.00 bits per heavy atom. The highest BCUT2D eigenvalue weighted by atomic mass is 16.2. The largest absolute Gasteiger partial charge is 0.398 e. The number of nitrogens with two attached hydrogens (primary N) is 1. The van der Waals surface area contributed by atoms with Crippen LogP contribution in [0.1, 0.15) is 12.5 Å². The monoisotopic (exact) mass is 243 g/mol. The summed E-state index contributed by atoms with van der Waals surface area (Å²) >= 11 is 0. The van der Waals surface area contributed by atoms with Gasteiger partial charge in [-0.3, -0.25) is 9.59 Å². The lowest BCUT2D eigenvalue weighted by molar-refractivity contribution is 0.881. The molecule has 7 heteroatoms. The fourth-order valence-electron chi connectivity index (χ4n) is 2.26. The number of rotatable bonds is 2. The highest BCUT2D eigenvalue weighted by molar-refractivity contribution is 6.02. The molecule has 0 saturated heterocycles. The molecule has 7 nitrogen and oxygen atoms in total. The number of tetrazole rings is 1.